The predicted octanol–water partition coefficient (Wildman–Crippen LogP) is 3.23. The van der Waals surface area contributed by atoms with Crippen LogP contribution >= 0.6 is 0 Å². The maximum absolute atomic E-state index is 12.5. The Bertz CT molecular complexity index is 1010. The van der Waals surface area contributed by atoms with Gasteiger partial charge in [-0.25, -0.2) is 4.79 Å². The minimum absolute atomic E-state index is 0.316. The summed E-state index contributed by atoms with van der Waals surface area (Å²) in [6, 6.07) is 21.2. The molecule has 5 nitrogen and oxygen atoms in total. The lowest BCUT2D eigenvalue weighted by molar-refractivity contribution is -0.142. The van der Waals surface area contributed by atoms with Crippen molar-refractivity contribution >= 4 is 22.6 Å². The van der Waals surface area contributed by atoms with E-state index >= 15 is 0 Å². The third-order valence-electron chi connectivity index (χ3n) is 4.37. The van der Waals surface area contributed by atoms with Crippen LogP contribution in [-0.4, -0.2) is 25.0 Å². The zero-order valence-corrected chi connectivity index (χ0v) is 14.8. The van der Waals surface area contributed by atoms with Crippen LogP contribution in [0.15, 0.2) is 66.7 Å². The average molecular weight is 358 g/mol. The molecule has 0 bridgehead atoms. The number of rotatable bonds is 5. The summed E-state index contributed by atoms with van der Waals surface area (Å²) in [6.45, 7) is 0. The molecule has 1 N–H and O–H groups in total. The summed E-state index contributed by atoms with van der Waals surface area (Å²) in [5.41, 5.74) is 1.79. The summed E-state index contributed by atoms with van der Waals surface area (Å²) in [5.74, 6) is -0.903. The number of ether oxygens (including phenoxy) is 1. The van der Waals surface area contributed by atoms with Crippen LogP contribution < -0.4 is 5.32 Å². The van der Waals surface area contributed by atoms with Crippen LogP contribution in [0.1, 0.15) is 21.5 Å². The molecule has 0 radical (unpaired) electrons. The molecule has 0 fully saturated rings. The van der Waals surface area contributed by atoms with Gasteiger partial charge in [0.1, 0.15) is 6.04 Å². The molecule has 0 aromatic heterocycles. The second-order valence-electron chi connectivity index (χ2n) is 6.08. The van der Waals surface area contributed by atoms with E-state index < -0.39 is 17.9 Å². The van der Waals surface area contributed by atoms with Crippen molar-refractivity contribution in [2.45, 2.75) is 12.5 Å². The Hall–Kier alpha value is -3.65. The normalized spacial score (nSPS) is 11.4. The topological polar surface area (TPSA) is 79.2 Å². The van der Waals surface area contributed by atoms with Crippen LogP contribution in [0.5, 0.6) is 0 Å². The number of hydrogen-bond donors (Lipinski definition) is 1. The second-order valence-corrected chi connectivity index (χ2v) is 6.08. The van der Waals surface area contributed by atoms with Crippen LogP contribution in [0.3, 0.4) is 0 Å². The first-order valence-electron chi connectivity index (χ1n) is 8.48. The minimum Gasteiger partial charge on any atom is -0.467 e. The van der Waals surface area contributed by atoms with E-state index in [1.165, 1.54) is 7.11 Å². The van der Waals surface area contributed by atoms with E-state index in [0.29, 0.717) is 17.5 Å². The smallest absolute Gasteiger partial charge is 0.328 e. The van der Waals surface area contributed by atoms with Gasteiger partial charge in [-0.1, -0.05) is 42.5 Å². The number of carbonyl (C=O) groups excluding carboxylic acids is 2. The fourth-order valence-electron chi connectivity index (χ4n) is 2.96. The molecule has 0 unspecified atom stereocenters. The number of esters is 1. The molecule has 0 aliphatic carbocycles. The quantitative estimate of drug-likeness (QED) is 0.710. The number of benzene rings is 3. The zero-order valence-electron chi connectivity index (χ0n) is 14.8. The third-order valence-corrected chi connectivity index (χ3v) is 4.37. The zero-order chi connectivity index (χ0) is 19.2. The molecule has 0 aliphatic heterocycles. The van der Waals surface area contributed by atoms with Crippen molar-refractivity contribution in [2.24, 2.45) is 0 Å². The molecule has 27 heavy (non-hydrogen) atoms. The highest BCUT2D eigenvalue weighted by Gasteiger charge is 2.23. The first kappa shape index (κ1) is 18.2. The van der Waals surface area contributed by atoms with E-state index in [1.807, 2.05) is 48.5 Å². The Kier molecular flexibility index (Phi) is 5.48. The van der Waals surface area contributed by atoms with Crippen molar-refractivity contribution in [3.05, 3.63) is 83.4 Å². The molecular formula is C22H18N2O3. The van der Waals surface area contributed by atoms with Crippen molar-refractivity contribution in [1.29, 1.82) is 5.26 Å². The van der Waals surface area contributed by atoms with Gasteiger partial charge in [0.05, 0.1) is 18.7 Å². The number of methoxy groups -OCH3 is 1. The first-order valence-corrected chi connectivity index (χ1v) is 8.48. The number of nitriles is 1. The van der Waals surface area contributed by atoms with Crippen molar-refractivity contribution < 1.29 is 14.3 Å². The first-order chi connectivity index (χ1) is 13.1. The summed E-state index contributed by atoms with van der Waals surface area (Å²) >= 11 is 0. The molecule has 3 aromatic carbocycles. The van der Waals surface area contributed by atoms with E-state index in [2.05, 4.69) is 5.32 Å². The molecule has 3 aromatic rings. The lowest BCUT2D eigenvalue weighted by Gasteiger charge is -2.18. The molecule has 134 valence electrons. The van der Waals surface area contributed by atoms with Gasteiger partial charge in [0.15, 0.2) is 0 Å². The maximum atomic E-state index is 12.5. The second kappa shape index (κ2) is 8.15. The van der Waals surface area contributed by atoms with Gasteiger partial charge in [-0.2, -0.15) is 5.26 Å². The molecule has 0 saturated heterocycles. The molecule has 1 atom stereocenters. The largest absolute Gasteiger partial charge is 0.467 e. The Morgan fingerprint density at radius 3 is 2.44 bits per heavy atom. The predicted molar refractivity (Wildman–Crippen MR) is 102 cm³/mol. The molecule has 0 spiro atoms. The van der Waals surface area contributed by atoms with E-state index in [1.54, 1.807) is 24.3 Å². The number of hydrogen-bond acceptors (Lipinski definition) is 4. The Balaban J connectivity index is 1.84. The van der Waals surface area contributed by atoms with Crippen molar-refractivity contribution in [2.75, 3.05) is 7.11 Å². The van der Waals surface area contributed by atoms with E-state index in [-0.39, 0.29) is 0 Å². The highest BCUT2D eigenvalue weighted by Crippen LogP contribution is 2.20. The summed E-state index contributed by atoms with van der Waals surface area (Å²) < 4.78 is 4.87. The Morgan fingerprint density at radius 1 is 1.04 bits per heavy atom. The SMILES string of the molecule is COC(=O)[C@H](Cc1cccc2ccccc12)NC(=O)c1ccc(C#N)cc1. The molecule has 0 aliphatic rings. The summed E-state index contributed by atoms with van der Waals surface area (Å²) in [4.78, 5) is 24.8. The lowest BCUT2D eigenvalue weighted by atomic mass is 9.98. The van der Waals surface area contributed by atoms with Crippen LogP contribution in [0.2, 0.25) is 0 Å². The van der Waals surface area contributed by atoms with Gasteiger partial charge in [0.25, 0.3) is 5.91 Å². The van der Waals surface area contributed by atoms with E-state index in [9.17, 15) is 9.59 Å². The number of amides is 1. The molecule has 0 saturated carbocycles. The van der Waals surface area contributed by atoms with Gasteiger partial charge in [0.2, 0.25) is 0 Å². The average Bonchev–Trinajstić information content (AvgIpc) is 2.72. The third kappa shape index (κ3) is 4.13. The molecule has 3 rings (SSSR count). The molecule has 0 heterocycles. The van der Waals surface area contributed by atoms with Crippen molar-refractivity contribution in [3.8, 4) is 6.07 Å². The number of nitrogens with one attached hydrogen (secondary N) is 1. The monoisotopic (exact) mass is 358 g/mol. The van der Waals surface area contributed by atoms with Crippen LogP contribution in [0, 0.1) is 11.3 Å². The minimum atomic E-state index is -0.816. The van der Waals surface area contributed by atoms with Gasteiger partial charge < -0.3 is 10.1 Å². The van der Waals surface area contributed by atoms with Gasteiger partial charge >= 0.3 is 5.97 Å². The fourth-order valence-corrected chi connectivity index (χ4v) is 2.96. The number of carbonyl (C=O) groups is 2. The Morgan fingerprint density at radius 2 is 1.74 bits per heavy atom. The van der Waals surface area contributed by atoms with Crippen molar-refractivity contribution in [1.82, 2.24) is 5.32 Å². The van der Waals surface area contributed by atoms with Crippen LogP contribution in [0.4, 0.5) is 0 Å². The lowest BCUT2D eigenvalue weighted by Crippen LogP contribution is -2.43. The number of nitrogens with zero attached hydrogens (tertiary/aromatic N) is 1. The molecule has 5 heteroatoms. The molecule has 1 amide bonds. The van der Waals surface area contributed by atoms with Crippen LogP contribution in [-0.2, 0) is 16.0 Å². The summed E-state index contributed by atoms with van der Waals surface area (Å²) in [6.07, 6.45) is 0.316. The van der Waals surface area contributed by atoms with Gasteiger partial charge in [-0.15, -0.1) is 0 Å². The molecular weight excluding hydrogens is 340 g/mol. The number of fused-ring (bicyclic) bond motifs is 1. The highest BCUT2D eigenvalue weighted by molar-refractivity contribution is 5.97. The standard InChI is InChI=1S/C22H18N2O3/c1-27-22(26)20(24-21(25)17-11-9-15(14-23)10-12-17)13-18-7-4-6-16-5-2-3-8-19(16)18/h2-12,20H,13H2,1H3,(H,24,25)/t20-/m0/s1. The van der Waals surface area contributed by atoms with Gasteiger partial charge in [0, 0.05) is 12.0 Å². The maximum Gasteiger partial charge on any atom is 0.328 e. The summed E-state index contributed by atoms with van der Waals surface area (Å²) in [5, 5.41) is 13.7. The van der Waals surface area contributed by atoms with E-state index in [0.717, 1.165) is 16.3 Å². The van der Waals surface area contributed by atoms with Gasteiger partial charge in [-0.05, 0) is 40.6 Å². The summed E-state index contributed by atoms with van der Waals surface area (Å²) in [7, 11) is 1.30. The van der Waals surface area contributed by atoms with E-state index in [4.69, 9.17) is 10.00 Å². The van der Waals surface area contributed by atoms with Crippen molar-refractivity contribution in [3.63, 3.8) is 0 Å². The van der Waals surface area contributed by atoms with Crippen LogP contribution in [0.25, 0.3) is 10.8 Å². The Labute approximate surface area is 157 Å². The fraction of sp³-hybridized carbons (Fsp3) is 0.136. The van der Waals surface area contributed by atoms with Gasteiger partial charge in [-0.3, -0.25) is 4.79 Å². The highest BCUT2D eigenvalue weighted by atomic mass is 16.5.